The predicted octanol–water partition coefficient (Wildman–Crippen LogP) is 19.7. The van der Waals surface area contributed by atoms with Crippen molar-refractivity contribution < 1.29 is 103 Å². The molecule has 12 fully saturated rings. The van der Waals surface area contributed by atoms with Crippen LogP contribution >= 0.6 is 57.7 Å². The average Bonchev–Trinajstić information content (AvgIpc) is 1.53. The van der Waals surface area contributed by atoms with Gasteiger partial charge in [0.05, 0.1) is 50.8 Å². The zero-order chi connectivity index (χ0) is 100. The molecule has 27 heteroatoms. The van der Waals surface area contributed by atoms with Gasteiger partial charge in [0.15, 0.2) is 23.1 Å². The molecule has 0 aliphatic heterocycles. The van der Waals surface area contributed by atoms with E-state index in [0.717, 1.165) is 129 Å². The summed E-state index contributed by atoms with van der Waals surface area (Å²) in [4.78, 5) is 107. The Bertz CT molecular complexity index is 5890. The van der Waals surface area contributed by atoms with E-state index < -0.39 is 68.5 Å². The molecule has 8 N–H and O–H groups in total. The molecule has 0 saturated heterocycles. The Morgan fingerprint density at radius 2 is 0.714 bits per heavy atom. The number of aliphatic hydroxyl groups excluding tert-OH is 4. The molecule has 22 nitrogen and oxygen atoms in total. The molecule has 0 amide bonds. The number of thiazole rings is 1. The van der Waals surface area contributed by atoms with Gasteiger partial charge in [-0.1, -0.05) is 130 Å². The van der Waals surface area contributed by atoms with Crippen molar-refractivity contribution in [3.8, 4) is 28.7 Å². The van der Waals surface area contributed by atoms with Crippen LogP contribution in [0.5, 0.6) is 28.7 Å². The number of hydrogen-bond acceptors (Lipinski definition) is 23. The number of benzene rings is 4. The minimum atomic E-state index is -1.57. The van der Waals surface area contributed by atoms with Gasteiger partial charge in [-0.3, -0.25) is 38.4 Å². The molecule has 1 heterocycles. The second kappa shape index (κ2) is 38.0. The van der Waals surface area contributed by atoms with Crippen LogP contribution < -0.4 is 23.7 Å². The second-order valence-corrected chi connectivity index (χ2v) is 49.5. The topological polar surface area (TPSA) is 357 Å². The number of ether oxygens (including phenoxy) is 5. The maximum Gasteiger partial charge on any atom is 0.202 e. The van der Waals surface area contributed by atoms with E-state index in [0.29, 0.717) is 127 Å². The van der Waals surface area contributed by atoms with E-state index in [9.17, 15) is 79.2 Å². The van der Waals surface area contributed by atoms with Crippen molar-refractivity contribution in [3.63, 3.8) is 0 Å². The van der Waals surface area contributed by atoms with Crippen LogP contribution in [-0.4, -0.2) is 172 Å². The number of halogens is 4. The minimum absolute atomic E-state index is 0.0397. The van der Waals surface area contributed by atoms with Gasteiger partial charge in [0.1, 0.15) is 83.1 Å². The van der Waals surface area contributed by atoms with E-state index >= 15 is 0 Å². The Morgan fingerprint density at radius 3 is 1.06 bits per heavy atom. The molecule has 140 heavy (non-hydrogen) atoms. The van der Waals surface area contributed by atoms with Gasteiger partial charge in [0.2, 0.25) is 23.1 Å². The number of rotatable bonds is 18. The zero-order valence-electron chi connectivity index (χ0n) is 82.6. The summed E-state index contributed by atoms with van der Waals surface area (Å²) < 4.78 is 29.7. The van der Waals surface area contributed by atoms with Crippen LogP contribution in [0.2, 0.25) is 20.1 Å². The number of fused-ring (bicyclic) bond motifs is 21. The van der Waals surface area contributed by atoms with Crippen LogP contribution in [0.3, 0.4) is 0 Å². The number of carbonyl (C=O) groups excluding carboxylic acids is 8. The Labute approximate surface area is 845 Å². The van der Waals surface area contributed by atoms with Gasteiger partial charge < -0.3 is 64.5 Å². The molecule has 0 bridgehead atoms. The Balaban J connectivity index is 0.000000124. The zero-order valence-corrected chi connectivity index (χ0v) is 86.4. The molecule has 20 unspecified atom stereocenters. The summed E-state index contributed by atoms with van der Waals surface area (Å²) in [5.41, 5.74) is -3.66. The first-order valence-corrected chi connectivity index (χ1v) is 53.6. The van der Waals surface area contributed by atoms with E-state index in [2.05, 4.69) is 32.7 Å². The number of Topliss-reactive ketones (excluding diaryl/α,β-unsaturated/α-hetero) is 4. The number of allylic oxidation sites excluding steroid dienone is 4. The van der Waals surface area contributed by atoms with Gasteiger partial charge in [-0.2, -0.15) is 0 Å². The standard InChI is InChI=1S/C29H35NO5S.C29H38O6.C28H34Cl2O5.C27H32Cl2O5/c1-16-30-26-22(5-4-6-23(26)36-16)35-15-24(33)29(34)12-10-20-19-8-7-17-13-18(31)9-11-27(17,2)25(19)21(32)14-28(20,29)3;1-4-34-20-6-8-21(9-7-20)35-17-25(32)29(33)14-12-23-22-10-5-18-15-19(30)11-13-27(18,2)26(22)24(31)16-28(23,29)3;1-15-10-17(29)12-21(30)25(15)35-14-23(33)28(34)9-7-20-19-5-4-16-11-18(31)6-8-26(16,2)24(19)22(32)13-27(20,28)3;1-25-9-7-17(30)11-15(25)3-5-18-19-8-10-27(33,26(19,2)13-21(31)24(18)25)23(32)14-34-22-6-4-16(28)12-20(22)29/h4-6,13,19-21,25,32,34H,7-12,14-15H2,1-3H3;6-9,15,22-24,26,31,33H,4-5,10-14,16-17H2,1-3H3;10-12,19-20,22,24,32,34H,4-9,13-14H2,1-3H3;4,6,11-12,18-19,21,24,31,33H,3,5,7-10,13-14H2,1-2H3/t19?,20?,21-,25?,27?,28?,29-;22?,23?,24-,26?,27?,28?,29-;19?,20?,22-,24?,26?,27?,28-;18?,19?,21-,24?,25?,26?,27-/m0000/s1. The minimum Gasteiger partial charge on any atom is -0.494 e. The molecule has 4 aromatic carbocycles. The fraction of sp³-hybridized carbons (Fsp3) is 0.637. The summed E-state index contributed by atoms with van der Waals surface area (Å²) in [6, 6.07) is 20.9. The molecular weight excluding hydrogens is 1880 g/mol. The molecule has 28 atom stereocenters. The van der Waals surface area contributed by atoms with Crippen LogP contribution in [0.25, 0.3) is 10.2 Å². The third-order valence-corrected chi connectivity index (χ3v) is 42.2. The van der Waals surface area contributed by atoms with Crippen molar-refractivity contribution >= 4 is 114 Å². The molecule has 0 radical (unpaired) electrons. The fourth-order valence-corrected chi connectivity index (χ4v) is 35.0. The van der Waals surface area contributed by atoms with Gasteiger partial charge in [-0.25, -0.2) is 4.98 Å². The molecule has 16 aliphatic carbocycles. The second-order valence-electron chi connectivity index (χ2n) is 46.6. The van der Waals surface area contributed by atoms with Crippen molar-refractivity contribution in [2.75, 3.05) is 33.0 Å². The number of ketones is 8. The lowest BCUT2D eigenvalue weighted by Gasteiger charge is -2.60. The predicted molar refractivity (Wildman–Crippen MR) is 534 cm³/mol. The van der Waals surface area contributed by atoms with Crippen LogP contribution in [0.15, 0.2) is 119 Å². The summed E-state index contributed by atoms with van der Waals surface area (Å²) in [5.74, 6) is 3.61. The van der Waals surface area contributed by atoms with E-state index in [1.54, 1.807) is 65.9 Å². The highest BCUT2D eigenvalue weighted by molar-refractivity contribution is 7.18. The first-order chi connectivity index (χ1) is 66.1. The molecule has 756 valence electrons. The molecule has 1 aromatic heterocycles. The molecule has 16 aliphatic rings. The van der Waals surface area contributed by atoms with Gasteiger partial charge in [0, 0.05) is 57.4 Å². The lowest BCUT2D eigenvalue weighted by Crippen LogP contribution is -2.62. The molecule has 12 saturated carbocycles. The third kappa shape index (κ3) is 17.0. The Morgan fingerprint density at radius 1 is 0.386 bits per heavy atom. The van der Waals surface area contributed by atoms with Crippen molar-refractivity contribution in [1.82, 2.24) is 4.98 Å². The highest BCUT2D eigenvalue weighted by Gasteiger charge is 2.74. The number of nitrogens with zero attached hydrogens (tertiary/aromatic N) is 1. The van der Waals surface area contributed by atoms with Crippen molar-refractivity contribution in [3.05, 3.63) is 150 Å². The highest BCUT2D eigenvalue weighted by Crippen LogP contribution is 2.74. The largest absolute Gasteiger partial charge is 0.494 e. The first kappa shape index (κ1) is 103. The normalized spacial score (nSPS) is 40.4. The summed E-state index contributed by atoms with van der Waals surface area (Å²) in [6.07, 6.45) is 22.9. The molecule has 0 spiro atoms. The number of carbonyl (C=O) groups is 8. The van der Waals surface area contributed by atoms with Gasteiger partial charge in [0.25, 0.3) is 0 Å². The lowest BCUT2D eigenvalue weighted by molar-refractivity contribution is -0.182. The van der Waals surface area contributed by atoms with Crippen LogP contribution in [-0.2, 0) is 38.4 Å². The smallest absolute Gasteiger partial charge is 0.202 e. The van der Waals surface area contributed by atoms with E-state index in [4.69, 9.17) is 70.1 Å². The van der Waals surface area contributed by atoms with Crippen LogP contribution in [0.4, 0.5) is 0 Å². The van der Waals surface area contributed by atoms with E-state index in [-0.39, 0.29) is 165 Å². The lowest BCUT2D eigenvalue weighted by atomic mass is 9.45. The average molecular weight is 2020 g/mol. The SMILES string of the molecule is CC12CCC(=O)C=C1CCC1C2[C@@H](O)CC2(C)C1CC[C@]2(O)C(=O)COc1ccc(Cl)cc1Cl.CCOc1ccc(OCC(=O)[C@@]2(O)CCC3C4CCC5=CC(=O)CCC5(C)C4[C@@H](O)CC32C)cc1.Cc1cc(Cl)cc(Cl)c1OCC(=O)[C@@]1(O)CCC2C3CCC4=CC(=O)CCC4(C)C3[C@@H](O)CC21C.Cc1nc2c(OCC(=O)[C@@]3(O)CCC4C5CCC6=CC(=O)CCC6(C)C5[C@@H](O)CC43C)cccc2s1. The van der Waals surface area contributed by atoms with Crippen molar-refractivity contribution in [2.24, 2.45) is 114 Å². The summed E-state index contributed by atoms with van der Waals surface area (Å²) >= 11 is 26.0. The van der Waals surface area contributed by atoms with Crippen LogP contribution in [0, 0.1) is 128 Å². The third-order valence-electron chi connectivity index (χ3n) is 40.2. The van der Waals surface area contributed by atoms with Gasteiger partial charge in [-0.15, -0.1) is 11.3 Å². The Hall–Kier alpha value is -7.07. The Kier molecular flexibility index (Phi) is 27.9. The summed E-state index contributed by atoms with van der Waals surface area (Å²) in [5, 5.41) is 96.0. The maximum atomic E-state index is 13.6. The van der Waals surface area contributed by atoms with E-state index in [1.807, 2.05) is 91.0 Å². The number of aliphatic hydroxyl groups is 8. The monoisotopic (exact) mass is 2020 g/mol. The summed E-state index contributed by atoms with van der Waals surface area (Å²) in [7, 11) is 0. The molecule has 21 rings (SSSR count). The van der Waals surface area contributed by atoms with Crippen molar-refractivity contribution in [2.45, 2.75) is 303 Å². The maximum absolute atomic E-state index is 13.6. The molecular formula is C113H139Cl4NO21S. The van der Waals surface area contributed by atoms with Gasteiger partial charge >= 0.3 is 0 Å². The fourth-order valence-electron chi connectivity index (χ4n) is 33.1. The van der Waals surface area contributed by atoms with Gasteiger partial charge in [-0.05, 0) is 364 Å². The first-order valence-electron chi connectivity index (χ1n) is 51.3. The number of aryl methyl sites for hydroxylation is 2. The number of hydrogen-bond donors (Lipinski definition) is 8. The van der Waals surface area contributed by atoms with Crippen LogP contribution in [0.1, 0.15) is 253 Å². The van der Waals surface area contributed by atoms with Crippen molar-refractivity contribution in [1.29, 1.82) is 0 Å². The quantitative estimate of drug-likeness (QED) is 0.0404. The number of aromatic nitrogens is 1. The number of para-hydroxylation sites is 1. The summed E-state index contributed by atoms with van der Waals surface area (Å²) in [6.45, 7) is 22.0. The van der Waals surface area contributed by atoms with E-state index in [1.165, 1.54) is 22.3 Å². The molecule has 5 aromatic rings. The highest BCUT2D eigenvalue weighted by atomic mass is 35.5.